The number of carbonyl (C=O) groups excluding carboxylic acids is 3. The zero-order valence-corrected chi connectivity index (χ0v) is 17.4. The van der Waals surface area contributed by atoms with Crippen molar-refractivity contribution in [1.29, 1.82) is 0 Å². The molecule has 2 aromatic heterocycles. The Bertz CT molecular complexity index is 1150. The van der Waals surface area contributed by atoms with Crippen molar-refractivity contribution < 1.29 is 14.4 Å². The van der Waals surface area contributed by atoms with Gasteiger partial charge < -0.3 is 20.1 Å². The number of amides is 4. The summed E-state index contributed by atoms with van der Waals surface area (Å²) in [6.45, 7) is 1.91. The lowest BCUT2D eigenvalue weighted by molar-refractivity contribution is -0.137. The van der Waals surface area contributed by atoms with E-state index in [9.17, 15) is 14.4 Å². The molecule has 4 amide bonds. The molecule has 0 aliphatic carbocycles. The molecule has 32 heavy (non-hydrogen) atoms. The summed E-state index contributed by atoms with van der Waals surface area (Å²) in [6, 6.07) is 8.36. The summed E-state index contributed by atoms with van der Waals surface area (Å²) in [5, 5.41) is 3.74. The molecule has 2 aliphatic heterocycles. The minimum Gasteiger partial charge on any atom is -0.361 e. The van der Waals surface area contributed by atoms with Crippen LogP contribution in [-0.4, -0.2) is 81.4 Å². The number of fused-ring (bicyclic) bond motifs is 1. The quantitative estimate of drug-likeness (QED) is 0.575. The van der Waals surface area contributed by atoms with E-state index >= 15 is 0 Å². The molecule has 1 aromatic carbocycles. The summed E-state index contributed by atoms with van der Waals surface area (Å²) in [5.74, 6) is 0.0219. The lowest BCUT2D eigenvalue weighted by atomic mass is 10.1. The van der Waals surface area contributed by atoms with Gasteiger partial charge in [-0.15, -0.1) is 0 Å². The summed E-state index contributed by atoms with van der Waals surface area (Å²) < 4.78 is 0. The molecule has 10 heteroatoms. The highest BCUT2D eigenvalue weighted by Crippen LogP contribution is 2.21. The molecule has 5 rings (SSSR count). The minimum atomic E-state index is -0.679. The zero-order valence-electron chi connectivity index (χ0n) is 17.4. The number of anilines is 1. The maximum absolute atomic E-state index is 12.9. The molecule has 4 heterocycles. The fraction of sp³-hybridized carbons (Fsp3) is 0.318. The second-order valence-electron chi connectivity index (χ2n) is 7.91. The van der Waals surface area contributed by atoms with Crippen molar-refractivity contribution in [2.75, 3.05) is 37.6 Å². The highest BCUT2D eigenvalue weighted by Gasteiger charge is 2.40. The Morgan fingerprint density at radius 1 is 1.03 bits per heavy atom. The number of aromatic nitrogens is 3. The zero-order chi connectivity index (χ0) is 22.1. The number of carbonyl (C=O) groups is 3. The Labute approximate surface area is 184 Å². The van der Waals surface area contributed by atoms with Gasteiger partial charge in [-0.3, -0.25) is 14.5 Å². The molecule has 2 fully saturated rings. The third kappa shape index (κ3) is 3.75. The van der Waals surface area contributed by atoms with E-state index < -0.39 is 12.1 Å². The highest BCUT2D eigenvalue weighted by atomic mass is 16.2. The summed E-state index contributed by atoms with van der Waals surface area (Å²) >= 11 is 0. The fourth-order valence-corrected chi connectivity index (χ4v) is 4.23. The van der Waals surface area contributed by atoms with Gasteiger partial charge in [0, 0.05) is 62.1 Å². The van der Waals surface area contributed by atoms with E-state index in [1.165, 1.54) is 0 Å². The number of piperazine rings is 1. The summed E-state index contributed by atoms with van der Waals surface area (Å²) in [7, 11) is 0. The van der Waals surface area contributed by atoms with Crippen LogP contribution in [0.25, 0.3) is 10.9 Å². The van der Waals surface area contributed by atoms with Crippen LogP contribution in [0, 0.1) is 0 Å². The number of hydrogen-bond acceptors (Lipinski definition) is 6. The van der Waals surface area contributed by atoms with Gasteiger partial charge in [0.05, 0.1) is 0 Å². The smallest absolute Gasteiger partial charge is 0.325 e. The lowest BCUT2D eigenvalue weighted by Crippen LogP contribution is -2.52. The third-order valence-electron chi connectivity index (χ3n) is 5.97. The Morgan fingerprint density at radius 2 is 1.78 bits per heavy atom. The molecule has 3 aromatic rings. The van der Waals surface area contributed by atoms with Gasteiger partial charge in [0.2, 0.25) is 11.9 Å². The minimum absolute atomic E-state index is 0.241. The number of H-pyrrole nitrogens is 1. The van der Waals surface area contributed by atoms with Crippen LogP contribution in [0.15, 0.2) is 48.9 Å². The summed E-state index contributed by atoms with van der Waals surface area (Å²) in [4.78, 5) is 54.4. The summed E-state index contributed by atoms with van der Waals surface area (Å²) in [5.41, 5.74) is 1.93. The van der Waals surface area contributed by atoms with E-state index in [0.717, 1.165) is 21.4 Å². The lowest BCUT2D eigenvalue weighted by Gasteiger charge is -2.35. The van der Waals surface area contributed by atoms with Crippen LogP contribution >= 0.6 is 0 Å². The fourth-order valence-electron chi connectivity index (χ4n) is 4.23. The summed E-state index contributed by atoms with van der Waals surface area (Å²) in [6.07, 6.45) is 5.59. The van der Waals surface area contributed by atoms with Crippen LogP contribution in [0.2, 0.25) is 0 Å². The molecule has 0 spiro atoms. The first-order chi connectivity index (χ1) is 15.6. The molecular weight excluding hydrogens is 410 g/mol. The standard InChI is InChI=1S/C22H23N7O3/c30-19(27-8-10-28(11-9-27)21-23-6-3-7-24-21)14-29-20(31)18(26-22(29)32)12-15-13-25-17-5-2-1-4-16(15)17/h1-7,13,18,25H,8-12,14H2,(H,26,32)/t18-/m0/s1. The molecule has 0 radical (unpaired) electrons. The van der Waals surface area contributed by atoms with E-state index in [4.69, 9.17) is 0 Å². The molecule has 1 atom stereocenters. The molecule has 0 unspecified atom stereocenters. The van der Waals surface area contributed by atoms with E-state index in [1.54, 1.807) is 23.4 Å². The molecule has 10 nitrogen and oxygen atoms in total. The molecule has 0 bridgehead atoms. The van der Waals surface area contributed by atoms with Gasteiger partial charge in [-0.05, 0) is 17.7 Å². The second kappa shape index (κ2) is 8.29. The van der Waals surface area contributed by atoms with Crippen LogP contribution in [-0.2, 0) is 16.0 Å². The number of benzene rings is 1. The number of hydrogen-bond donors (Lipinski definition) is 2. The maximum Gasteiger partial charge on any atom is 0.325 e. The van der Waals surface area contributed by atoms with E-state index in [0.29, 0.717) is 38.5 Å². The first-order valence-electron chi connectivity index (χ1n) is 10.6. The van der Waals surface area contributed by atoms with Crippen molar-refractivity contribution in [3.63, 3.8) is 0 Å². The highest BCUT2D eigenvalue weighted by molar-refractivity contribution is 6.06. The topological polar surface area (TPSA) is 115 Å². The molecular formula is C22H23N7O3. The first-order valence-corrected chi connectivity index (χ1v) is 10.6. The van der Waals surface area contributed by atoms with Crippen LogP contribution < -0.4 is 10.2 Å². The average Bonchev–Trinajstić information content (AvgIpc) is 3.36. The largest absolute Gasteiger partial charge is 0.361 e. The molecule has 2 saturated heterocycles. The van der Waals surface area contributed by atoms with Crippen molar-refractivity contribution in [2.24, 2.45) is 0 Å². The number of aromatic amines is 1. The predicted molar refractivity (Wildman–Crippen MR) is 117 cm³/mol. The van der Waals surface area contributed by atoms with Gasteiger partial charge in [0.15, 0.2) is 0 Å². The molecule has 2 aliphatic rings. The number of rotatable bonds is 5. The monoisotopic (exact) mass is 433 g/mol. The number of para-hydroxylation sites is 1. The first kappa shape index (κ1) is 20.0. The van der Waals surface area contributed by atoms with Crippen molar-refractivity contribution in [1.82, 2.24) is 30.1 Å². The Kier molecular flexibility index (Phi) is 5.18. The molecule has 164 valence electrons. The predicted octanol–water partition coefficient (Wildman–Crippen LogP) is 0.770. The number of imide groups is 1. The second-order valence-corrected chi connectivity index (χ2v) is 7.91. The number of nitrogens with zero attached hydrogens (tertiary/aromatic N) is 5. The SMILES string of the molecule is O=C(CN1C(=O)N[C@@H](Cc2c[nH]c3ccccc23)C1=O)N1CCN(c2ncccn2)CC1. The maximum atomic E-state index is 12.9. The Balaban J connectivity index is 1.19. The van der Waals surface area contributed by atoms with Crippen molar-refractivity contribution in [3.8, 4) is 0 Å². The average molecular weight is 433 g/mol. The van der Waals surface area contributed by atoms with Crippen molar-refractivity contribution in [3.05, 3.63) is 54.5 Å². The van der Waals surface area contributed by atoms with Crippen molar-refractivity contribution in [2.45, 2.75) is 12.5 Å². The molecule has 2 N–H and O–H groups in total. The Hall–Kier alpha value is -3.95. The van der Waals surface area contributed by atoms with Gasteiger partial charge in [0.1, 0.15) is 12.6 Å². The van der Waals surface area contributed by atoms with Crippen molar-refractivity contribution >= 4 is 34.7 Å². The molecule has 0 saturated carbocycles. The number of nitrogens with one attached hydrogen (secondary N) is 2. The normalized spacial score (nSPS) is 19.0. The van der Waals surface area contributed by atoms with E-state index in [-0.39, 0.29) is 18.4 Å². The van der Waals surface area contributed by atoms with Crippen LogP contribution in [0.4, 0.5) is 10.7 Å². The van der Waals surface area contributed by atoms with E-state index in [2.05, 4.69) is 20.3 Å². The van der Waals surface area contributed by atoms with E-state index in [1.807, 2.05) is 35.4 Å². The number of urea groups is 1. The van der Waals surface area contributed by atoms with Crippen LogP contribution in [0.3, 0.4) is 0 Å². The van der Waals surface area contributed by atoms with Gasteiger partial charge in [-0.2, -0.15) is 0 Å². The van der Waals surface area contributed by atoms with Gasteiger partial charge >= 0.3 is 6.03 Å². The van der Waals surface area contributed by atoms with Crippen LogP contribution in [0.5, 0.6) is 0 Å². The van der Waals surface area contributed by atoms with Gasteiger partial charge in [-0.1, -0.05) is 18.2 Å². The van der Waals surface area contributed by atoms with Gasteiger partial charge in [-0.25, -0.2) is 14.8 Å². The third-order valence-corrected chi connectivity index (χ3v) is 5.97. The Morgan fingerprint density at radius 3 is 2.56 bits per heavy atom. The van der Waals surface area contributed by atoms with Crippen LogP contribution in [0.1, 0.15) is 5.56 Å². The van der Waals surface area contributed by atoms with Gasteiger partial charge in [0.25, 0.3) is 5.91 Å².